The maximum Gasteiger partial charge on any atom is 0.255 e. The third kappa shape index (κ3) is 3.41. The van der Waals surface area contributed by atoms with Gasteiger partial charge in [0, 0.05) is 36.8 Å². The number of anilines is 1. The van der Waals surface area contributed by atoms with Crippen LogP contribution in [0.2, 0.25) is 0 Å². The molecule has 2 aromatic heterocycles. The van der Waals surface area contributed by atoms with Gasteiger partial charge in [0.25, 0.3) is 5.91 Å². The van der Waals surface area contributed by atoms with Crippen molar-refractivity contribution in [1.29, 1.82) is 0 Å². The minimum Gasteiger partial charge on any atom is -0.369 e. The van der Waals surface area contributed by atoms with E-state index >= 15 is 0 Å². The van der Waals surface area contributed by atoms with Crippen LogP contribution in [0.4, 0.5) is 5.82 Å². The molecule has 0 saturated carbocycles. The van der Waals surface area contributed by atoms with Crippen molar-refractivity contribution in [3.05, 3.63) is 53.7 Å². The lowest BCUT2D eigenvalue weighted by molar-refractivity contribution is -0.136. The Kier molecular flexibility index (Phi) is 5.13. The fourth-order valence-electron chi connectivity index (χ4n) is 4.47. The molecule has 0 aliphatic carbocycles. The van der Waals surface area contributed by atoms with E-state index in [4.69, 9.17) is 4.98 Å². The number of nitrogens with zero attached hydrogens (tertiary/aromatic N) is 3. The summed E-state index contributed by atoms with van der Waals surface area (Å²) in [6, 6.07) is 11.0. The fourth-order valence-corrected chi connectivity index (χ4v) is 4.47. The first-order chi connectivity index (χ1) is 15.6. The monoisotopic (exact) mass is 431 g/mol. The molecule has 2 aliphatic rings. The van der Waals surface area contributed by atoms with E-state index in [2.05, 4.69) is 17.6 Å². The molecule has 5 rings (SSSR count). The average molecular weight is 431 g/mol. The number of hydrogen-bond donors (Lipinski definition) is 2. The van der Waals surface area contributed by atoms with Gasteiger partial charge < -0.3 is 10.2 Å². The van der Waals surface area contributed by atoms with Crippen LogP contribution in [0.3, 0.4) is 0 Å². The Hall–Kier alpha value is -3.68. The maximum atomic E-state index is 13.0. The molecule has 164 valence electrons. The van der Waals surface area contributed by atoms with Crippen molar-refractivity contribution in [1.82, 2.24) is 19.6 Å². The Morgan fingerprint density at radius 2 is 2.06 bits per heavy atom. The fraction of sp³-hybridized carbons (Fsp3) is 0.333. The molecule has 4 heterocycles. The predicted molar refractivity (Wildman–Crippen MR) is 120 cm³/mol. The highest BCUT2D eigenvalue weighted by Gasteiger charge is 2.39. The zero-order chi connectivity index (χ0) is 22.2. The summed E-state index contributed by atoms with van der Waals surface area (Å²) in [5.41, 5.74) is 4.08. The molecule has 1 fully saturated rings. The maximum absolute atomic E-state index is 13.0. The summed E-state index contributed by atoms with van der Waals surface area (Å²) in [5.74, 6) is 0.0794. The van der Waals surface area contributed by atoms with Crippen LogP contribution >= 0.6 is 0 Å². The lowest BCUT2D eigenvalue weighted by Gasteiger charge is -2.29. The van der Waals surface area contributed by atoms with Gasteiger partial charge in [0.05, 0.1) is 0 Å². The minimum atomic E-state index is -0.613. The second-order valence-corrected chi connectivity index (χ2v) is 8.29. The molecule has 3 amide bonds. The summed E-state index contributed by atoms with van der Waals surface area (Å²) in [6.07, 6.45) is 4.74. The van der Waals surface area contributed by atoms with E-state index in [0.29, 0.717) is 18.5 Å². The van der Waals surface area contributed by atoms with Gasteiger partial charge >= 0.3 is 0 Å². The lowest BCUT2D eigenvalue weighted by atomic mass is 10.0. The number of benzene rings is 1. The molecule has 2 N–H and O–H groups in total. The molecule has 1 unspecified atom stereocenters. The number of rotatable bonds is 6. The number of pyridine rings is 1. The molecule has 0 radical (unpaired) electrons. The molecule has 1 atom stereocenters. The molecule has 2 aliphatic heterocycles. The molecule has 32 heavy (non-hydrogen) atoms. The standard InChI is InChI=1S/C24H25N5O3/c1-2-3-11-25-22-21(26-19-6-4-5-12-28(19)22)15-7-8-17-16(13-15)14-29(24(17)32)18-9-10-20(30)27-23(18)31/h4-8,12-13,18,25H,2-3,9-11,14H2,1H3,(H,27,30,31). The number of aromatic nitrogens is 2. The van der Waals surface area contributed by atoms with E-state index in [9.17, 15) is 14.4 Å². The Balaban J connectivity index is 1.48. The highest BCUT2D eigenvalue weighted by Crippen LogP contribution is 2.34. The van der Waals surface area contributed by atoms with E-state index in [1.807, 2.05) is 47.0 Å². The van der Waals surface area contributed by atoms with Gasteiger partial charge in [-0.05, 0) is 42.7 Å². The van der Waals surface area contributed by atoms with Crippen LogP contribution in [0.15, 0.2) is 42.6 Å². The summed E-state index contributed by atoms with van der Waals surface area (Å²) >= 11 is 0. The second-order valence-electron chi connectivity index (χ2n) is 8.29. The Morgan fingerprint density at radius 3 is 2.88 bits per heavy atom. The van der Waals surface area contributed by atoms with E-state index in [0.717, 1.165) is 47.7 Å². The largest absolute Gasteiger partial charge is 0.369 e. The Labute approximate surface area is 185 Å². The van der Waals surface area contributed by atoms with Gasteiger partial charge in [-0.3, -0.25) is 24.1 Å². The SMILES string of the molecule is CCCCNc1c(-c2ccc3c(c2)CN(C2CCC(=O)NC2=O)C3=O)nc2ccccn12. The molecule has 0 bridgehead atoms. The van der Waals surface area contributed by atoms with Gasteiger partial charge in [0.1, 0.15) is 23.2 Å². The number of carbonyl (C=O) groups is 3. The number of unbranched alkanes of at least 4 members (excludes halogenated alkanes) is 1. The topological polar surface area (TPSA) is 95.8 Å². The number of imidazole rings is 1. The molecular weight excluding hydrogens is 406 g/mol. The Morgan fingerprint density at radius 1 is 1.19 bits per heavy atom. The average Bonchev–Trinajstić information content (AvgIpc) is 3.32. The number of carbonyl (C=O) groups excluding carboxylic acids is 3. The zero-order valence-corrected chi connectivity index (χ0v) is 17.9. The van der Waals surface area contributed by atoms with Crippen LogP contribution in [0.5, 0.6) is 0 Å². The van der Waals surface area contributed by atoms with Crippen LogP contribution in [-0.2, 0) is 16.1 Å². The van der Waals surface area contributed by atoms with Gasteiger partial charge in [-0.1, -0.05) is 25.5 Å². The van der Waals surface area contributed by atoms with Gasteiger partial charge in [-0.15, -0.1) is 0 Å². The summed E-state index contributed by atoms with van der Waals surface area (Å²) in [5, 5.41) is 5.87. The van der Waals surface area contributed by atoms with Crippen molar-refractivity contribution in [3.8, 4) is 11.3 Å². The molecule has 3 aromatic rings. The first-order valence-corrected chi connectivity index (χ1v) is 11.1. The summed E-state index contributed by atoms with van der Waals surface area (Å²) < 4.78 is 2.04. The number of fused-ring (bicyclic) bond motifs is 2. The van der Waals surface area contributed by atoms with Gasteiger partial charge in [-0.2, -0.15) is 0 Å². The van der Waals surface area contributed by atoms with Crippen LogP contribution in [0.1, 0.15) is 48.5 Å². The van der Waals surface area contributed by atoms with Crippen molar-refractivity contribution >= 4 is 29.2 Å². The normalized spacial score (nSPS) is 18.2. The highest BCUT2D eigenvalue weighted by molar-refractivity contribution is 6.05. The lowest BCUT2D eigenvalue weighted by Crippen LogP contribution is -2.52. The van der Waals surface area contributed by atoms with E-state index < -0.39 is 11.9 Å². The second kappa shape index (κ2) is 8.11. The first-order valence-electron chi connectivity index (χ1n) is 11.1. The van der Waals surface area contributed by atoms with E-state index in [1.54, 1.807) is 4.90 Å². The molecule has 1 saturated heterocycles. The molecule has 1 aromatic carbocycles. The first kappa shape index (κ1) is 20.2. The number of amides is 3. The third-order valence-corrected chi connectivity index (χ3v) is 6.15. The molecular formula is C24H25N5O3. The van der Waals surface area contributed by atoms with Crippen molar-refractivity contribution in [2.45, 2.75) is 45.2 Å². The quantitative estimate of drug-likeness (QED) is 0.462. The van der Waals surface area contributed by atoms with Gasteiger partial charge in [-0.25, -0.2) is 4.98 Å². The van der Waals surface area contributed by atoms with Crippen molar-refractivity contribution in [2.75, 3.05) is 11.9 Å². The zero-order valence-electron chi connectivity index (χ0n) is 17.9. The predicted octanol–water partition coefficient (Wildman–Crippen LogP) is 2.97. The van der Waals surface area contributed by atoms with Crippen LogP contribution in [0, 0.1) is 0 Å². The van der Waals surface area contributed by atoms with E-state index in [1.165, 1.54) is 0 Å². The summed E-state index contributed by atoms with van der Waals surface area (Å²) in [4.78, 5) is 43.2. The number of nitrogens with one attached hydrogen (secondary N) is 2. The van der Waals surface area contributed by atoms with Gasteiger partial charge in [0.15, 0.2) is 0 Å². The van der Waals surface area contributed by atoms with Gasteiger partial charge in [0.2, 0.25) is 11.8 Å². The van der Waals surface area contributed by atoms with Crippen LogP contribution < -0.4 is 10.6 Å². The van der Waals surface area contributed by atoms with Crippen molar-refractivity contribution in [3.63, 3.8) is 0 Å². The Bertz CT molecular complexity index is 1230. The smallest absolute Gasteiger partial charge is 0.255 e. The number of imide groups is 1. The highest BCUT2D eigenvalue weighted by atomic mass is 16.2. The number of piperidine rings is 1. The van der Waals surface area contributed by atoms with Crippen LogP contribution in [-0.4, -0.2) is 44.6 Å². The van der Waals surface area contributed by atoms with Crippen molar-refractivity contribution < 1.29 is 14.4 Å². The number of hydrogen-bond acceptors (Lipinski definition) is 5. The van der Waals surface area contributed by atoms with E-state index in [-0.39, 0.29) is 18.2 Å². The molecule has 8 nitrogen and oxygen atoms in total. The van der Waals surface area contributed by atoms with Crippen molar-refractivity contribution in [2.24, 2.45) is 0 Å². The third-order valence-electron chi connectivity index (χ3n) is 6.15. The van der Waals surface area contributed by atoms with Crippen LogP contribution in [0.25, 0.3) is 16.9 Å². The molecule has 8 heteroatoms. The summed E-state index contributed by atoms with van der Waals surface area (Å²) in [7, 11) is 0. The summed E-state index contributed by atoms with van der Waals surface area (Å²) in [6.45, 7) is 3.35. The minimum absolute atomic E-state index is 0.169. The molecule has 0 spiro atoms.